The van der Waals surface area contributed by atoms with Crippen molar-refractivity contribution in [3.63, 3.8) is 0 Å². The summed E-state index contributed by atoms with van der Waals surface area (Å²) in [6, 6.07) is 0. The summed E-state index contributed by atoms with van der Waals surface area (Å²) in [6.45, 7) is -4.32. The first kappa shape index (κ1) is 5.47. The van der Waals surface area contributed by atoms with Gasteiger partial charge in [-0.1, -0.05) is 0 Å². The van der Waals surface area contributed by atoms with E-state index in [2.05, 4.69) is 14.9 Å². The van der Waals surface area contributed by atoms with Crippen molar-refractivity contribution >= 4 is 15.2 Å². The maximum atomic E-state index is 11.9. The van der Waals surface area contributed by atoms with Crippen LogP contribution in [0.4, 0.5) is 0 Å². The van der Waals surface area contributed by atoms with Crippen LogP contribution in [0.3, 0.4) is 0 Å². The zero-order valence-corrected chi connectivity index (χ0v) is 11.0. The van der Waals surface area contributed by atoms with Crippen molar-refractivity contribution in [3.05, 3.63) is 0 Å². The normalized spacial score (nSPS) is 38.3. The Balaban J connectivity index is 0. The molecule has 0 radical (unpaired) electrons. The van der Waals surface area contributed by atoms with Crippen LogP contribution >= 0.6 is 15.2 Å². The summed E-state index contributed by atoms with van der Waals surface area (Å²) in [5, 5.41) is -1.61. The minimum Gasteiger partial charge on any atom is -0.776 e. The standard InChI is InChI=1S/C4H13NO7P2.Na/c5-3-1-2-4(6,13(7,8)9)14(10,11)12;/h6H,1-3,5H2,(H2,7,8,9)(H2,10,11,12);/q;+1/p-1/i1D2,2D2,3D2,6D;/hD5. The SMILES string of the molecule is [2H]OC(C([2H])([2H])C([2H])([2H])C([2H])([2H])[N+]([2H])([2H])[2H])(P(=O)([O-])O[2H])P(=O)([O-])O[2H].[Na+]. The molecule has 2 atom stereocenters. The van der Waals surface area contributed by atoms with E-state index in [1.165, 1.54) is 0 Å². The summed E-state index contributed by atoms with van der Waals surface area (Å²) in [7, 11) is -13.4. The van der Waals surface area contributed by atoms with Crippen LogP contribution in [-0.4, -0.2) is 30.8 Å². The van der Waals surface area contributed by atoms with Gasteiger partial charge in [0.15, 0.2) is 20.3 Å². The molecule has 0 aromatic heterocycles. The predicted molar refractivity (Wildman–Crippen MR) is 41.6 cm³/mol. The van der Waals surface area contributed by atoms with E-state index >= 15 is 0 Å². The number of hydrogen-bond acceptors (Lipinski definition) is 7. The number of quaternary nitrogens is 1. The molecule has 2 unspecified atom stereocenters. The van der Waals surface area contributed by atoms with Crippen molar-refractivity contribution in [2.75, 3.05) is 6.50 Å². The van der Waals surface area contributed by atoms with Crippen LogP contribution in [0.1, 0.15) is 21.0 Å². The zero-order chi connectivity index (χ0) is 21.6. The molecule has 0 amide bonds. The third kappa shape index (κ3) is 4.53. The van der Waals surface area contributed by atoms with Gasteiger partial charge in [0.05, 0.1) is 9.24 Å². The Labute approximate surface area is 126 Å². The molecule has 0 aliphatic heterocycles. The van der Waals surface area contributed by atoms with Gasteiger partial charge < -0.3 is 39.5 Å². The molecule has 0 heterocycles. The van der Waals surface area contributed by atoms with Crippen LogP contribution in [0.15, 0.2) is 0 Å². The second-order valence-electron chi connectivity index (χ2n) is 1.96. The second-order valence-corrected chi connectivity index (χ2v) is 5.57. The van der Waals surface area contributed by atoms with Gasteiger partial charge in [0.2, 0.25) is 4.29 Å². The Bertz CT molecular complexity index is 603. The van der Waals surface area contributed by atoms with E-state index in [0.29, 0.717) is 0 Å². The summed E-state index contributed by atoms with van der Waals surface area (Å²) in [5.74, 6) is 0. The van der Waals surface area contributed by atoms with E-state index in [-0.39, 0.29) is 29.6 Å². The first-order valence-electron chi connectivity index (χ1n) is 8.29. The van der Waals surface area contributed by atoms with Gasteiger partial charge in [-0.15, -0.1) is 0 Å². The number of rotatable bonds is 9. The molecule has 8 nitrogen and oxygen atoms in total. The van der Waals surface area contributed by atoms with Crippen LogP contribution in [0.2, 0.25) is 4.24 Å². The Kier molecular flexibility index (Phi) is 2.27. The minimum atomic E-state index is -6.68. The van der Waals surface area contributed by atoms with E-state index in [4.69, 9.17) is 16.8 Å². The van der Waals surface area contributed by atoms with E-state index < -0.39 is 45.2 Å². The van der Waals surface area contributed by atoms with Crippen LogP contribution in [0.25, 0.3) is 0 Å². The summed E-state index contributed by atoms with van der Waals surface area (Å²) in [6.07, 6.45) is -9.36. The molecule has 0 aliphatic rings. The van der Waals surface area contributed by atoms with Crippen LogP contribution in [0.5, 0.6) is 0 Å². The molecular formula is C4H12NNaO7P2. The largest absolute Gasteiger partial charge is 1.00 e. The molecule has 0 saturated heterocycles. The molecule has 0 aliphatic carbocycles. The van der Waals surface area contributed by atoms with Gasteiger partial charge in [-0.25, -0.2) is 0 Å². The average Bonchev–Trinajstić information content (AvgIpc) is 2.45. The third-order valence-electron chi connectivity index (χ3n) is 1.02. The zero-order valence-electron chi connectivity index (χ0n) is 19.2. The number of aliphatic hydroxyl groups is 1. The quantitative estimate of drug-likeness (QED) is 0.241. The topological polar surface area (TPSA) is 169 Å². The van der Waals surface area contributed by atoms with Crippen LogP contribution in [-0.2, 0) is 9.13 Å². The van der Waals surface area contributed by atoms with E-state index in [0.717, 1.165) is 0 Å². The fourth-order valence-electron chi connectivity index (χ4n) is 0.396. The fourth-order valence-corrected chi connectivity index (χ4v) is 1.98. The van der Waals surface area contributed by atoms with E-state index in [9.17, 15) is 18.9 Å². The molecule has 0 aromatic rings. The van der Waals surface area contributed by atoms with Crippen LogP contribution < -0.4 is 45.1 Å². The van der Waals surface area contributed by atoms with Crippen molar-refractivity contribution in [2.24, 2.45) is 0 Å². The summed E-state index contributed by atoms with van der Waals surface area (Å²) < 4.78 is 109. The molecule has 0 bridgehead atoms. The van der Waals surface area contributed by atoms with Gasteiger partial charge >= 0.3 is 33.8 Å². The maximum absolute atomic E-state index is 11.9. The van der Waals surface area contributed by atoms with Gasteiger partial charge in [-0.05, 0) is 6.37 Å². The Morgan fingerprint density at radius 1 is 1.47 bits per heavy atom. The Morgan fingerprint density at radius 2 is 2.00 bits per heavy atom. The van der Waals surface area contributed by atoms with Crippen molar-refractivity contribution in [1.82, 2.24) is 0 Å². The summed E-state index contributed by atoms with van der Waals surface area (Å²) in [4.78, 5) is 29.9. The van der Waals surface area contributed by atoms with Gasteiger partial charge in [0, 0.05) is 11.9 Å². The Hall–Kier alpha value is 1.22. The van der Waals surface area contributed by atoms with Crippen molar-refractivity contribution in [3.8, 4) is 0 Å². The first-order valence-corrected chi connectivity index (χ1v) is 5.81. The fraction of sp³-hybridized carbons (Fsp3) is 1.00. The van der Waals surface area contributed by atoms with Crippen LogP contribution in [0, 0.1) is 0 Å². The molecule has 0 fully saturated rings. The smallest absolute Gasteiger partial charge is 0.776 e. The Morgan fingerprint density at radius 3 is 2.33 bits per heavy atom. The molecule has 0 rings (SSSR count). The van der Waals surface area contributed by atoms with Gasteiger partial charge in [-0.2, -0.15) is 0 Å². The molecule has 86 valence electrons. The average molecular weight is 283 g/mol. The first-order chi connectivity index (χ1) is 11.2. The van der Waals surface area contributed by atoms with Crippen molar-refractivity contribution in [2.45, 2.75) is 17.8 Å². The van der Waals surface area contributed by atoms with E-state index in [1.807, 2.05) is 0 Å². The molecule has 15 heavy (non-hydrogen) atoms. The summed E-state index contributed by atoms with van der Waals surface area (Å²) >= 11 is 0. The summed E-state index contributed by atoms with van der Waals surface area (Å²) in [5.41, 5.74) is -3.23. The van der Waals surface area contributed by atoms with Gasteiger partial charge in [-0.3, -0.25) is 0 Å². The molecule has 0 saturated carbocycles. The predicted octanol–water partition coefficient (Wildman–Crippen LogP) is -6.25. The second kappa shape index (κ2) is 6.23. The van der Waals surface area contributed by atoms with Crippen molar-refractivity contribution < 1.29 is 81.5 Å². The number of hydrogen-bond donors (Lipinski definition) is 4. The van der Waals surface area contributed by atoms with Gasteiger partial charge in [0.1, 0.15) is 0 Å². The minimum absolute atomic E-state index is 0. The molecule has 0 spiro atoms. The molecular weight excluding hydrogens is 259 g/mol. The molecule has 0 aromatic carbocycles. The third-order valence-corrected chi connectivity index (χ3v) is 4.20. The molecule has 6 N–H and O–H groups in total. The molecule has 11 heteroatoms. The van der Waals surface area contributed by atoms with Gasteiger partial charge in [0.25, 0.3) is 0 Å². The van der Waals surface area contributed by atoms with Crippen molar-refractivity contribution in [1.29, 1.82) is 4.29 Å². The monoisotopic (exact) mass is 283 g/mol. The van der Waals surface area contributed by atoms with E-state index in [1.54, 1.807) is 0 Å². The maximum Gasteiger partial charge on any atom is 1.00 e.